The van der Waals surface area contributed by atoms with E-state index in [0.29, 0.717) is 31.4 Å². The zero-order chi connectivity index (χ0) is 17.7. The molecule has 8 heteroatoms. The Morgan fingerprint density at radius 2 is 2.19 bits per heavy atom. The Balaban J connectivity index is 0.00000243. The number of hydrogen-bond acceptors (Lipinski definition) is 4. The first-order chi connectivity index (χ1) is 12.1. The van der Waals surface area contributed by atoms with E-state index in [4.69, 9.17) is 14.2 Å². The van der Waals surface area contributed by atoms with E-state index < -0.39 is 0 Å². The maximum absolute atomic E-state index is 13.8. The molecule has 1 aromatic rings. The topological polar surface area (TPSA) is 64.1 Å². The van der Waals surface area contributed by atoms with Gasteiger partial charge in [-0.3, -0.25) is 0 Å². The molecule has 0 bridgehead atoms. The van der Waals surface area contributed by atoms with Crippen molar-refractivity contribution in [2.75, 3.05) is 26.5 Å². The van der Waals surface area contributed by atoms with Gasteiger partial charge in [0.05, 0.1) is 18.8 Å². The van der Waals surface area contributed by atoms with Crippen LogP contribution in [0.5, 0.6) is 5.75 Å². The minimum absolute atomic E-state index is 0. The van der Waals surface area contributed by atoms with Crippen molar-refractivity contribution in [3.05, 3.63) is 29.1 Å². The summed E-state index contributed by atoms with van der Waals surface area (Å²) in [5.41, 5.74) is 1.29. The van der Waals surface area contributed by atoms with Crippen LogP contribution in [0.25, 0.3) is 0 Å². The molecule has 0 amide bonds. The molecule has 26 heavy (non-hydrogen) atoms. The second kappa shape index (κ2) is 9.70. The van der Waals surface area contributed by atoms with Gasteiger partial charge in [0, 0.05) is 30.8 Å². The average molecular weight is 479 g/mol. The average Bonchev–Trinajstić information content (AvgIpc) is 3.04. The smallest absolute Gasteiger partial charge is 0.191 e. The molecule has 0 spiro atoms. The Bertz CT molecular complexity index is 636. The fourth-order valence-corrected chi connectivity index (χ4v) is 3.13. The molecule has 2 N–H and O–H groups in total. The van der Waals surface area contributed by atoms with Gasteiger partial charge in [-0.1, -0.05) is 0 Å². The van der Waals surface area contributed by atoms with Crippen molar-refractivity contribution in [3.63, 3.8) is 0 Å². The number of guanidine groups is 1. The number of benzene rings is 1. The fraction of sp³-hybridized carbons (Fsp3) is 0.611. The predicted molar refractivity (Wildman–Crippen MR) is 109 cm³/mol. The molecule has 2 heterocycles. The summed E-state index contributed by atoms with van der Waals surface area (Å²) in [5, 5.41) is 6.54. The molecule has 146 valence electrons. The lowest BCUT2D eigenvalue weighted by Gasteiger charge is -2.25. The zero-order valence-electron chi connectivity index (χ0n) is 15.3. The van der Waals surface area contributed by atoms with Gasteiger partial charge >= 0.3 is 0 Å². The molecule has 1 atom stereocenters. The van der Waals surface area contributed by atoms with Gasteiger partial charge in [-0.15, -0.1) is 24.0 Å². The Hall–Kier alpha value is -1.13. The molecule has 0 radical (unpaired) electrons. The Morgan fingerprint density at radius 3 is 2.92 bits per heavy atom. The Morgan fingerprint density at radius 1 is 1.35 bits per heavy atom. The molecular formula is C18H27FIN3O3. The van der Waals surface area contributed by atoms with E-state index >= 15 is 0 Å². The van der Waals surface area contributed by atoms with Gasteiger partial charge in [-0.05, 0) is 38.8 Å². The van der Waals surface area contributed by atoms with E-state index in [9.17, 15) is 4.39 Å². The summed E-state index contributed by atoms with van der Waals surface area (Å²) in [6.07, 6.45) is 2.12. The van der Waals surface area contributed by atoms with E-state index in [1.165, 1.54) is 12.1 Å². The first-order valence-corrected chi connectivity index (χ1v) is 8.77. The predicted octanol–water partition coefficient (Wildman–Crippen LogP) is 2.93. The van der Waals surface area contributed by atoms with E-state index in [-0.39, 0.29) is 42.2 Å². The normalized spacial score (nSPS) is 22.2. The standard InChI is InChI=1S/C18H26FN3O3.HI/c1-3-20-17(22-11-18(2)5-4-6-25-18)21-9-13-7-15(19)8-14-10-23-12-24-16(13)14;/h7-8H,3-6,9-12H2,1-2H3,(H2,20,21,22);1H. The van der Waals surface area contributed by atoms with Gasteiger partial charge < -0.3 is 24.8 Å². The van der Waals surface area contributed by atoms with Gasteiger partial charge in [0.2, 0.25) is 0 Å². The third kappa shape index (κ3) is 5.43. The van der Waals surface area contributed by atoms with E-state index in [1.54, 1.807) is 0 Å². The van der Waals surface area contributed by atoms with E-state index in [0.717, 1.165) is 37.1 Å². The maximum atomic E-state index is 13.8. The van der Waals surface area contributed by atoms with Crippen LogP contribution in [0.1, 0.15) is 37.8 Å². The zero-order valence-corrected chi connectivity index (χ0v) is 17.6. The molecule has 1 saturated heterocycles. The van der Waals surface area contributed by atoms with Gasteiger partial charge in [0.25, 0.3) is 0 Å². The number of halogens is 2. The largest absolute Gasteiger partial charge is 0.467 e. The van der Waals surface area contributed by atoms with E-state index in [1.807, 2.05) is 6.92 Å². The van der Waals surface area contributed by atoms with E-state index in [2.05, 4.69) is 22.5 Å². The van der Waals surface area contributed by atoms with Gasteiger partial charge in [-0.25, -0.2) is 9.38 Å². The highest BCUT2D eigenvalue weighted by Crippen LogP contribution is 2.30. The molecule has 6 nitrogen and oxygen atoms in total. The van der Waals surface area contributed by atoms with Gasteiger partial charge in [0.1, 0.15) is 11.6 Å². The quantitative estimate of drug-likeness (QED) is 0.387. The van der Waals surface area contributed by atoms with Crippen molar-refractivity contribution >= 4 is 29.9 Å². The minimum Gasteiger partial charge on any atom is -0.467 e. The highest BCUT2D eigenvalue weighted by Gasteiger charge is 2.29. The summed E-state index contributed by atoms with van der Waals surface area (Å²) < 4.78 is 30.4. The second-order valence-corrected chi connectivity index (χ2v) is 6.61. The van der Waals surface area contributed by atoms with Gasteiger partial charge in [0.15, 0.2) is 12.8 Å². The van der Waals surface area contributed by atoms with Crippen molar-refractivity contribution in [2.45, 2.75) is 45.4 Å². The number of ether oxygens (including phenoxy) is 3. The molecule has 1 fully saturated rings. The lowest BCUT2D eigenvalue weighted by Crippen LogP contribution is -2.45. The SMILES string of the molecule is CCNC(=NCc1cc(F)cc2c1OCOC2)NCC1(C)CCCO1.I. The molecule has 1 aromatic carbocycles. The molecule has 2 aliphatic heterocycles. The van der Waals surface area contributed by atoms with Crippen LogP contribution in [0.2, 0.25) is 0 Å². The first kappa shape index (κ1) is 21.2. The summed E-state index contributed by atoms with van der Waals surface area (Å²) in [6, 6.07) is 2.92. The molecule has 2 aliphatic rings. The second-order valence-electron chi connectivity index (χ2n) is 6.61. The monoisotopic (exact) mass is 479 g/mol. The Kier molecular flexibility index (Phi) is 7.90. The first-order valence-electron chi connectivity index (χ1n) is 8.77. The highest BCUT2D eigenvalue weighted by molar-refractivity contribution is 14.0. The van der Waals surface area contributed by atoms with Crippen LogP contribution in [0, 0.1) is 5.82 Å². The number of nitrogens with zero attached hydrogens (tertiary/aromatic N) is 1. The van der Waals surface area contributed by atoms with Crippen molar-refractivity contribution in [3.8, 4) is 5.75 Å². The molecule has 0 aliphatic carbocycles. The summed E-state index contributed by atoms with van der Waals surface area (Å²) in [7, 11) is 0. The fourth-order valence-electron chi connectivity index (χ4n) is 3.13. The summed E-state index contributed by atoms with van der Waals surface area (Å²) in [4.78, 5) is 4.58. The summed E-state index contributed by atoms with van der Waals surface area (Å²) in [6.45, 7) is 7.22. The van der Waals surface area contributed by atoms with Crippen LogP contribution >= 0.6 is 24.0 Å². The Labute approximate surface area is 170 Å². The molecule has 0 aromatic heterocycles. The molecule has 0 saturated carbocycles. The molecule has 3 rings (SSSR count). The van der Waals surface area contributed by atoms with Crippen molar-refractivity contribution in [1.82, 2.24) is 10.6 Å². The number of fused-ring (bicyclic) bond motifs is 1. The van der Waals surface area contributed by atoms with Crippen LogP contribution in [0.15, 0.2) is 17.1 Å². The summed E-state index contributed by atoms with van der Waals surface area (Å²) in [5.74, 6) is 1.06. The number of nitrogens with one attached hydrogen (secondary N) is 2. The van der Waals surface area contributed by atoms with Crippen LogP contribution in [-0.4, -0.2) is 38.0 Å². The van der Waals surface area contributed by atoms with Crippen LogP contribution in [-0.2, 0) is 22.6 Å². The number of rotatable bonds is 5. The van der Waals surface area contributed by atoms with Crippen LogP contribution in [0.3, 0.4) is 0 Å². The molecule has 1 unspecified atom stereocenters. The van der Waals surface area contributed by atoms with Crippen LogP contribution < -0.4 is 15.4 Å². The highest BCUT2D eigenvalue weighted by atomic mass is 127. The number of aliphatic imine (C=N–C) groups is 1. The van der Waals surface area contributed by atoms with Gasteiger partial charge in [-0.2, -0.15) is 0 Å². The minimum atomic E-state index is -0.303. The maximum Gasteiger partial charge on any atom is 0.191 e. The van der Waals surface area contributed by atoms with Crippen molar-refractivity contribution in [1.29, 1.82) is 0 Å². The molecular weight excluding hydrogens is 452 g/mol. The third-order valence-electron chi connectivity index (χ3n) is 4.43. The lowest BCUT2D eigenvalue weighted by molar-refractivity contribution is -0.0172. The lowest BCUT2D eigenvalue weighted by atomic mass is 10.0. The van der Waals surface area contributed by atoms with Crippen molar-refractivity contribution < 1.29 is 18.6 Å². The van der Waals surface area contributed by atoms with Crippen molar-refractivity contribution in [2.24, 2.45) is 4.99 Å². The third-order valence-corrected chi connectivity index (χ3v) is 4.43. The summed E-state index contributed by atoms with van der Waals surface area (Å²) >= 11 is 0. The number of hydrogen-bond donors (Lipinski definition) is 2. The van der Waals surface area contributed by atoms with Crippen LogP contribution in [0.4, 0.5) is 4.39 Å².